The van der Waals surface area contributed by atoms with Crippen LogP contribution in [0.5, 0.6) is 0 Å². The van der Waals surface area contributed by atoms with Crippen LogP contribution in [0.15, 0.2) is 35.9 Å². The molecule has 0 saturated carbocycles. The predicted octanol–water partition coefficient (Wildman–Crippen LogP) is 3.92. The molecule has 1 aromatic carbocycles. The summed E-state index contributed by atoms with van der Waals surface area (Å²) in [6.45, 7) is 9.46. The van der Waals surface area contributed by atoms with Crippen LogP contribution in [-0.2, 0) is 0 Å². The van der Waals surface area contributed by atoms with Crippen LogP contribution in [0.4, 0.5) is 0 Å². The minimum Gasteiger partial charge on any atom is -0.316 e. The lowest BCUT2D eigenvalue weighted by molar-refractivity contribution is 0.612. The van der Waals surface area contributed by atoms with Gasteiger partial charge in [0.25, 0.3) is 0 Å². The fourth-order valence-electron chi connectivity index (χ4n) is 2.37. The minimum atomic E-state index is 0.887. The SMILES string of the molecule is [C-]#[N+]C(=C1CCNCC1)c1cc2ccccc2s1. The summed E-state index contributed by atoms with van der Waals surface area (Å²) in [5.74, 6) is 0. The first-order valence-electron chi connectivity index (χ1n) is 6.17. The molecule has 3 rings (SSSR count). The average Bonchev–Trinajstić information content (AvgIpc) is 2.84. The van der Waals surface area contributed by atoms with Gasteiger partial charge in [0.2, 0.25) is 5.70 Å². The fraction of sp³-hybridized carbons (Fsp3) is 0.267. The Morgan fingerprint density at radius 2 is 2.00 bits per heavy atom. The van der Waals surface area contributed by atoms with E-state index in [0.29, 0.717) is 0 Å². The monoisotopic (exact) mass is 254 g/mol. The zero-order valence-electron chi connectivity index (χ0n) is 10.1. The number of fused-ring (bicyclic) bond motifs is 1. The first-order chi connectivity index (χ1) is 8.88. The smallest absolute Gasteiger partial charge is 0.203 e. The van der Waals surface area contributed by atoms with Gasteiger partial charge in [-0.1, -0.05) is 23.8 Å². The van der Waals surface area contributed by atoms with Crippen molar-refractivity contribution in [2.45, 2.75) is 12.8 Å². The highest BCUT2D eigenvalue weighted by Crippen LogP contribution is 2.34. The number of piperidine rings is 1. The van der Waals surface area contributed by atoms with Crippen molar-refractivity contribution in [1.29, 1.82) is 0 Å². The molecule has 1 aliphatic rings. The van der Waals surface area contributed by atoms with Crippen LogP contribution in [0.2, 0.25) is 0 Å². The third kappa shape index (κ3) is 2.05. The molecular weight excluding hydrogens is 240 g/mol. The van der Waals surface area contributed by atoms with E-state index in [9.17, 15) is 0 Å². The maximum atomic E-state index is 7.46. The summed E-state index contributed by atoms with van der Waals surface area (Å²) < 4.78 is 1.27. The fourth-order valence-corrected chi connectivity index (χ4v) is 3.47. The van der Waals surface area contributed by atoms with Crippen molar-refractivity contribution in [3.05, 3.63) is 52.2 Å². The molecule has 1 aromatic heterocycles. The van der Waals surface area contributed by atoms with Gasteiger partial charge in [0.05, 0.1) is 6.57 Å². The average molecular weight is 254 g/mol. The van der Waals surface area contributed by atoms with E-state index in [0.717, 1.165) is 36.5 Å². The van der Waals surface area contributed by atoms with Crippen LogP contribution >= 0.6 is 11.3 Å². The molecule has 1 fully saturated rings. The van der Waals surface area contributed by atoms with E-state index in [1.807, 2.05) is 6.07 Å². The first kappa shape index (κ1) is 11.5. The van der Waals surface area contributed by atoms with E-state index in [4.69, 9.17) is 6.57 Å². The molecule has 18 heavy (non-hydrogen) atoms. The summed E-state index contributed by atoms with van der Waals surface area (Å²) >= 11 is 1.73. The number of hydrogen-bond donors (Lipinski definition) is 1. The largest absolute Gasteiger partial charge is 0.316 e. The van der Waals surface area contributed by atoms with Crippen LogP contribution in [-0.4, -0.2) is 13.1 Å². The molecule has 2 nitrogen and oxygen atoms in total. The molecule has 0 atom stereocenters. The molecule has 90 valence electrons. The van der Waals surface area contributed by atoms with Crippen molar-refractivity contribution < 1.29 is 0 Å². The number of benzene rings is 1. The Morgan fingerprint density at radius 3 is 2.72 bits per heavy atom. The van der Waals surface area contributed by atoms with E-state index < -0.39 is 0 Å². The van der Waals surface area contributed by atoms with Crippen molar-refractivity contribution in [3.63, 3.8) is 0 Å². The molecule has 0 amide bonds. The van der Waals surface area contributed by atoms with Gasteiger partial charge in [-0.05, 0) is 43.5 Å². The molecule has 1 aliphatic heterocycles. The highest BCUT2D eigenvalue weighted by atomic mass is 32.1. The van der Waals surface area contributed by atoms with Gasteiger partial charge in [-0.3, -0.25) is 0 Å². The van der Waals surface area contributed by atoms with E-state index in [-0.39, 0.29) is 0 Å². The van der Waals surface area contributed by atoms with E-state index >= 15 is 0 Å². The molecule has 0 aliphatic carbocycles. The number of nitrogens with zero attached hydrogens (tertiary/aromatic N) is 1. The third-order valence-corrected chi connectivity index (χ3v) is 4.44. The number of nitrogens with one attached hydrogen (secondary N) is 1. The third-order valence-electron chi connectivity index (χ3n) is 3.31. The molecule has 0 unspecified atom stereocenters. The van der Waals surface area contributed by atoms with Gasteiger partial charge in [-0.25, -0.2) is 4.85 Å². The van der Waals surface area contributed by atoms with Gasteiger partial charge in [0.1, 0.15) is 0 Å². The van der Waals surface area contributed by atoms with Crippen LogP contribution < -0.4 is 5.32 Å². The van der Waals surface area contributed by atoms with Gasteiger partial charge in [-0.2, -0.15) is 0 Å². The van der Waals surface area contributed by atoms with Crippen LogP contribution in [0.25, 0.3) is 20.6 Å². The standard InChI is InChI=1S/C15H14N2S/c1-16-15(11-6-8-17-9-7-11)14-10-12-4-2-3-5-13(12)18-14/h2-5,10,17H,6-9H2. The highest BCUT2D eigenvalue weighted by Gasteiger charge is 2.14. The number of hydrogen-bond acceptors (Lipinski definition) is 2. The number of thiophene rings is 1. The van der Waals surface area contributed by atoms with E-state index in [2.05, 4.69) is 34.4 Å². The lowest BCUT2D eigenvalue weighted by atomic mass is 10.0. The second kappa shape index (κ2) is 4.93. The lowest BCUT2D eigenvalue weighted by Gasteiger charge is -2.16. The Morgan fingerprint density at radius 1 is 1.22 bits per heavy atom. The van der Waals surface area contributed by atoms with Gasteiger partial charge in [0, 0.05) is 9.58 Å². The summed E-state index contributed by atoms with van der Waals surface area (Å²) in [6.07, 6.45) is 2.01. The molecule has 0 radical (unpaired) electrons. The highest BCUT2D eigenvalue weighted by molar-refractivity contribution is 7.20. The Hall–Kier alpha value is -1.63. The van der Waals surface area contributed by atoms with E-state index in [1.165, 1.54) is 15.7 Å². The van der Waals surface area contributed by atoms with Crippen molar-refractivity contribution in [2.24, 2.45) is 0 Å². The summed E-state index contributed by atoms with van der Waals surface area (Å²) in [6, 6.07) is 10.5. The maximum absolute atomic E-state index is 7.46. The topological polar surface area (TPSA) is 16.4 Å². The molecule has 0 bridgehead atoms. The van der Waals surface area contributed by atoms with Crippen LogP contribution in [0.1, 0.15) is 17.7 Å². The first-order valence-corrected chi connectivity index (χ1v) is 6.99. The second-order valence-electron chi connectivity index (χ2n) is 4.46. The Labute approximate surface area is 111 Å². The lowest BCUT2D eigenvalue weighted by Crippen LogP contribution is -2.23. The van der Waals surface area contributed by atoms with Crippen LogP contribution in [0.3, 0.4) is 0 Å². The van der Waals surface area contributed by atoms with Crippen molar-refractivity contribution >= 4 is 27.1 Å². The minimum absolute atomic E-state index is 0.887. The normalized spacial score (nSPS) is 15.6. The predicted molar refractivity (Wildman–Crippen MR) is 77.5 cm³/mol. The Balaban J connectivity index is 2.08. The van der Waals surface area contributed by atoms with Crippen molar-refractivity contribution in [3.8, 4) is 0 Å². The zero-order valence-corrected chi connectivity index (χ0v) is 10.9. The Bertz CT molecular complexity index is 605. The molecule has 1 saturated heterocycles. The summed E-state index contributed by atoms with van der Waals surface area (Å²) in [7, 11) is 0. The summed E-state index contributed by atoms with van der Waals surface area (Å²) in [5, 5.41) is 4.58. The molecule has 3 heteroatoms. The van der Waals surface area contributed by atoms with Crippen molar-refractivity contribution in [1.82, 2.24) is 5.32 Å². The van der Waals surface area contributed by atoms with Crippen molar-refractivity contribution in [2.75, 3.05) is 13.1 Å². The van der Waals surface area contributed by atoms with E-state index in [1.54, 1.807) is 11.3 Å². The molecule has 2 aromatic rings. The molecular formula is C15H14N2S. The molecule has 2 heterocycles. The van der Waals surface area contributed by atoms with Crippen LogP contribution in [0, 0.1) is 6.57 Å². The number of rotatable bonds is 1. The zero-order chi connectivity index (χ0) is 12.4. The van der Waals surface area contributed by atoms with Gasteiger partial charge in [-0.15, -0.1) is 11.3 Å². The van der Waals surface area contributed by atoms with Gasteiger partial charge < -0.3 is 5.32 Å². The molecule has 1 N–H and O–H groups in total. The van der Waals surface area contributed by atoms with Gasteiger partial charge >= 0.3 is 0 Å². The molecule has 0 spiro atoms. The quantitative estimate of drug-likeness (QED) is 0.763. The second-order valence-corrected chi connectivity index (χ2v) is 5.55. The summed E-state index contributed by atoms with van der Waals surface area (Å²) in [4.78, 5) is 4.92. The Kier molecular flexibility index (Phi) is 3.14. The summed E-state index contributed by atoms with van der Waals surface area (Å²) in [5.41, 5.74) is 2.20. The maximum Gasteiger partial charge on any atom is 0.203 e. The van der Waals surface area contributed by atoms with Gasteiger partial charge in [0.15, 0.2) is 0 Å².